The maximum absolute atomic E-state index is 13.1. The maximum Gasteiger partial charge on any atom is 0.374 e. The highest BCUT2D eigenvalue weighted by Crippen LogP contribution is 2.42. The van der Waals surface area contributed by atoms with Crippen LogP contribution in [0.4, 0.5) is 0 Å². The van der Waals surface area contributed by atoms with Crippen LogP contribution in [0.25, 0.3) is 0 Å². The lowest BCUT2D eigenvalue weighted by Gasteiger charge is -2.39. The molecule has 0 aliphatic carbocycles. The van der Waals surface area contributed by atoms with Crippen LogP contribution in [0.3, 0.4) is 0 Å². The third-order valence-electron chi connectivity index (χ3n) is 5.71. The van der Waals surface area contributed by atoms with Gasteiger partial charge < -0.3 is 9.30 Å². The van der Waals surface area contributed by atoms with Gasteiger partial charge in [-0.3, -0.25) is 0 Å². The summed E-state index contributed by atoms with van der Waals surface area (Å²) >= 11 is 0. The Hall–Kier alpha value is -3.66. The number of esters is 1. The van der Waals surface area contributed by atoms with Gasteiger partial charge in [0.1, 0.15) is 5.54 Å². The van der Waals surface area contributed by atoms with Crippen molar-refractivity contribution >= 4 is 5.97 Å². The zero-order chi connectivity index (χ0) is 22.4. The summed E-state index contributed by atoms with van der Waals surface area (Å²) < 4.78 is 7.53. The van der Waals surface area contributed by atoms with Crippen molar-refractivity contribution in [3.8, 4) is 0 Å². The van der Waals surface area contributed by atoms with Crippen molar-refractivity contribution < 1.29 is 9.53 Å². The topological polar surface area (TPSA) is 44.1 Å². The standard InChI is InChI=1S/C28H28N2O2/c1-3-14-25-21-29-26(27(31)32-4-2)30(25)28(22-15-8-5-9-16-22,23-17-10-6-11-18-23)24-19-12-7-13-20-24/h5-13,15-21H,3-4,14H2,1-2H3. The average molecular weight is 425 g/mol. The van der Waals surface area contributed by atoms with E-state index in [1.807, 2.05) is 67.7 Å². The van der Waals surface area contributed by atoms with E-state index in [9.17, 15) is 4.79 Å². The SMILES string of the molecule is CCCc1cnc(C(=O)OCC)n1C(c1ccccc1)(c1ccccc1)c1ccccc1. The second-order valence-corrected chi connectivity index (χ2v) is 7.69. The average Bonchev–Trinajstić information content (AvgIpc) is 3.26. The summed E-state index contributed by atoms with van der Waals surface area (Å²) in [5.74, 6) is -0.103. The molecule has 0 spiro atoms. The first-order valence-electron chi connectivity index (χ1n) is 11.1. The molecule has 0 saturated heterocycles. The highest BCUT2D eigenvalue weighted by atomic mass is 16.5. The highest BCUT2D eigenvalue weighted by molar-refractivity contribution is 5.86. The molecule has 4 nitrogen and oxygen atoms in total. The lowest BCUT2D eigenvalue weighted by molar-refractivity contribution is 0.0502. The van der Waals surface area contributed by atoms with Gasteiger partial charge in [-0.2, -0.15) is 0 Å². The van der Waals surface area contributed by atoms with Crippen LogP contribution < -0.4 is 0 Å². The van der Waals surface area contributed by atoms with Crippen LogP contribution in [-0.2, 0) is 16.7 Å². The Morgan fingerprint density at radius 2 is 1.28 bits per heavy atom. The molecule has 3 aromatic carbocycles. The number of ether oxygens (including phenoxy) is 1. The Kier molecular flexibility index (Phi) is 6.50. The number of nitrogens with zero attached hydrogens (tertiary/aromatic N) is 2. The molecule has 4 rings (SSSR count). The number of carbonyl (C=O) groups is 1. The monoisotopic (exact) mass is 424 g/mol. The third kappa shape index (κ3) is 3.73. The fourth-order valence-corrected chi connectivity index (χ4v) is 4.46. The Balaban J connectivity index is 2.17. The van der Waals surface area contributed by atoms with E-state index in [1.54, 1.807) is 0 Å². The number of hydrogen-bond acceptors (Lipinski definition) is 3. The predicted molar refractivity (Wildman–Crippen MR) is 127 cm³/mol. The molecule has 0 radical (unpaired) electrons. The zero-order valence-corrected chi connectivity index (χ0v) is 18.6. The van der Waals surface area contributed by atoms with Crippen LogP contribution >= 0.6 is 0 Å². The van der Waals surface area contributed by atoms with Crippen LogP contribution in [-0.4, -0.2) is 22.1 Å². The molecule has 0 N–H and O–H groups in total. The number of hydrogen-bond donors (Lipinski definition) is 0. The summed E-state index contributed by atoms with van der Waals surface area (Å²) in [6.45, 7) is 4.25. The van der Waals surface area contributed by atoms with Gasteiger partial charge in [-0.05, 0) is 30.0 Å². The third-order valence-corrected chi connectivity index (χ3v) is 5.71. The van der Waals surface area contributed by atoms with Gasteiger partial charge in [-0.25, -0.2) is 9.78 Å². The summed E-state index contributed by atoms with van der Waals surface area (Å²) in [4.78, 5) is 17.7. The molecule has 32 heavy (non-hydrogen) atoms. The van der Waals surface area contributed by atoms with Gasteiger partial charge in [0.2, 0.25) is 5.82 Å². The Morgan fingerprint density at radius 1 is 0.812 bits per heavy atom. The molecule has 162 valence electrons. The molecule has 0 amide bonds. The summed E-state index contributed by atoms with van der Waals surface area (Å²) in [5, 5.41) is 0. The summed E-state index contributed by atoms with van der Waals surface area (Å²) in [7, 11) is 0. The van der Waals surface area contributed by atoms with Crippen molar-refractivity contribution in [2.45, 2.75) is 32.2 Å². The van der Waals surface area contributed by atoms with Crippen molar-refractivity contribution in [1.82, 2.24) is 9.55 Å². The second-order valence-electron chi connectivity index (χ2n) is 7.69. The predicted octanol–water partition coefficient (Wildman–Crippen LogP) is 5.85. The molecule has 0 atom stereocenters. The van der Waals surface area contributed by atoms with Gasteiger partial charge in [0.25, 0.3) is 0 Å². The molecule has 0 saturated carbocycles. The summed E-state index contributed by atoms with van der Waals surface area (Å²) in [6, 6.07) is 31.0. The number of aryl methyl sites for hydroxylation is 1. The van der Waals surface area contributed by atoms with E-state index >= 15 is 0 Å². The molecule has 1 aromatic heterocycles. The Bertz CT molecular complexity index is 1060. The smallest absolute Gasteiger partial charge is 0.374 e. The van der Waals surface area contributed by atoms with Crippen LogP contribution in [0.2, 0.25) is 0 Å². The van der Waals surface area contributed by atoms with Crippen LogP contribution in [0.1, 0.15) is 53.3 Å². The molecular weight excluding hydrogens is 396 g/mol. The minimum Gasteiger partial charge on any atom is -0.460 e. The van der Waals surface area contributed by atoms with E-state index in [0.717, 1.165) is 35.2 Å². The van der Waals surface area contributed by atoms with Crippen molar-refractivity contribution in [3.63, 3.8) is 0 Å². The molecule has 0 aliphatic heterocycles. The van der Waals surface area contributed by atoms with Gasteiger partial charge in [0, 0.05) is 11.9 Å². The Labute approximate surface area is 189 Å². The first-order valence-corrected chi connectivity index (χ1v) is 11.1. The molecular formula is C28H28N2O2. The van der Waals surface area contributed by atoms with Gasteiger partial charge >= 0.3 is 5.97 Å². The van der Waals surface area contributed by atoms with Crippen molar-refractivity contribution in [2.75, 3.05) is 6.61 Å². The molecule has 4 aromatic rings. The zero-order valence-electron chi connectivity index (χ0n) is 18.6. The molecule has 4 heteroatoms. The normalized spacial score (nSPS) is 11.3. The summed E-state index contributed by atoms with van der Waals surface area (Å²) in [5.41, 5.74) is 3.37. The maximum atomic E-state index is 13.1. The Morgan fingerprint density at radius 3 is 1.69 bits per heavy atom. The fourth-order valence-electron chi connectivity index (χ4n) is 4.46. The van der Waals surface area contributed by atoms with E-state index in [2.05, 4.69) is 52.9 Å². The number of benzene rings is 3. The molecule has 0 aliphatic rings. The minimum absolute atomic E-state index is 0.295. The lowest BCUT2D eigenvalue weighted by Crippen LogP contribution is -2.41. The van der Waals surface area contributed by atoms with Gasteiger partial charge in [0.15, 0.2) is 0 Å². The van der Waals surface area contributed by atoms with E-state index in [-0.39, 0.29) is 0 Å². The highest BCUT2D eigenvalue weighted by Gasteiger charge is 2.42. The first kappa shape index (κ1) is 21.6. The van der Waals surface area contributed by atoms with Crippen molar-refractivity contribution in [2.24, 2.45) is 0 Å². The number of carbonyl (C=O) groups excluding carboxylic acids is 1. The van der Waals surface area contributed by atoms with E-state index < -0.39 is 11.5 Å². The number of rotatable bonds is 8. The fraction of sp³-hybridized carbons (Fsp3) is 0.214. The van der Waals surface area contributed by atoms with Crippen LogP contribution in [0.15, 0.2) is 97.2 Å². The molecule has 1 heterocycles. The number of imidazole rings is 1. The molecule has 0 bridgehead atoms. The van der Waals surface area contributed by atoms with Gasteiger partial charge in [-0.1, -0.05) is 104 Å². The van der Waals surface area contributed by atoms with Crippen molar-refractivity contribution in [3.05, 3.63) is 125 Å². The van der Waals surface area contributed by atoms with Gasteiger partial charge in [-0.15, -0.1) is 0 Å². The van der Waals surface area contributed by atoms with Crippen molar-refractivity contribution in [1.29, 1.82) is 0 Å². The quantitative estimate of drug-likeness (QED) is 0.263. The van der Waals surface area contributed by atoms with E-state index in [0.29, 0.717) is 12.4 Å². The first-order chi connectivity index (χ1) is 15.7. The largest absolute Gasteiger partial charge is 0.460 e. The van der Waals surface area contributed by atoms with Gasteiger partial charge in [0.05, 0.1) is 6.61 Å². The van der Waals surface area contributed by atoms with Crippen LogP contribution in [0, 0.1) is 0 Å². The summed E-state index contributed by atoms with van der Waals surface area (Å²) in [6.07, 6.45) is 3.54. The van der Waals surface area contributed by atoms with E-state index in [1.165, 1.54) is 0 Å². The second kappa shape index (κ2) is 9.65. The number of aromatic nitrogens is 2. The molecule has 0 unspecified atom stereocenters. The van der Waals surface area contributed by atoms with Crippen LogP contribution in [0.5, 0.6) is 0 Å². The minimum atomic E-state index is -0.785. The molecule has 0 fully saturated rings. The van der Waals surface area contributed by atoms with E-state index in [4.69, 9.17) is 4.74 Å². The lowest BCUT2D eigenvalue weighted by atomic mass is 9.76.